The first-order valence-electron chi connectivity index (χ1n) is 7.50. The molecule has 3 atom stereocenters. The number of aliphatic hydroxyl groups excluding tert-OH is 1. The van der Waals surface area contributed by atoms with E-state index in [0.717, 1.165) is 31.2 Å². The predicted molar refractivity (Wildman–Crippen MR) is 80.0 cm³/mol. The molecule has 0 unspecified atom stereocenters. The molecule has 0 amide bonds. The van der Waals surface area contributed by atoms with Crippen LogP contribution in [0.4, 0.5) is 5.69 Å². The Morgan fingerprint density at radius 3 is 2.95 bits per heavy atom. The van der Waals surface area contributed by atoms with Crippen molar-refractivity contribution in [1.82, 2.24) is 5.32 Å². The fourth-order valence-corrected chi connectivity index (χ4v) is 3.37. The number of nitro benzene ring substituents is 1. The monoisotopic (exact) mass is 288 g/mol. The van der Waals surface area contributed by atoms with Gasteiger partial charge in [0.15, 0.2) is 0 Å². The molecular weight excluding hydrogens is 268 g/mol. The average Bonchev–Trinajstić information content (AvgIpc) is 2.95. The van der Waals surface area contributed by atoms with Gasteiger partial charge in [0.05, 0.1) is 4.92 Å². The first-order valence-corrected chi connectivity index (χ1v) is 7.50. The number of aryl methyl sites for hydroxylation is 1. The summed E-state index contributed by atoms with van der Waals surface area (Å²) in [5.41, 5.74) is 2.44. The van der Waals surface area contributed by atoms with Crippen molar-refractivity contribution < 1.29 is 10.0 Å². The van der Waals surface area contributed by atoms with Crippen LogP contribution in [-0.4, -0.2) is 22.7 Å². The molecule has 0 saturated carbocycles. The largest absolute Gasteiger partial charge is 0.396 e. The first kappa shape index (κ1) is 14.2. The lowest BCUT2D eigenvalue weighted by Gasteiger charge is -2.29. The van der Waals surface area contributed by atoms with E-state index >= 15 is 0 Å². The topological polar surface area (TPSA) is 75.4 Å². The van der Waals surface area contributed by atoms with Crippen LogP contribution in [0.15, 0.2) is 30.4 Å². The van der Waals surface area contributed by atoms with E-state index in [4.69, 9.17) is 0 Å². The number of non-ortho nitro benzene ring substituents is 1. The van der Waals surface area contributed by atoms with Crippen molar-refractivity contribution >= 4 is 5.69 Å². The molecule has 0 radical (unpaired) electrons. The Morgan fingerprint density at radius 1 is 1.38 bits per heavy atom. The molecule has 0 aliphatic heterocycles. The summed E-state index contributed by atoms with van der Waals surface area (Å²) in [6, 6.07) is 5.62. The number of benzene rings is 1. The zero-order valence-electron chi connectivity index (χ0n) is 11.9. The van der Waals surface area contributed by atoms with Gasteiger partial charge in [-0.1, -0.05) is 18.2 Å². The maximum Gasteiger partial charge on any atom is 0.269 e. The minimum absolute atomic E-state index is 0.164. The number of fused-ring (bicyclic) bond motifs is 1. The summed E-state index contributed by atoms with van der Waals surface area (Å²) >= 11 is 0. The fourth-order valence-electron chi connectivity index (χ4n) is 3.37. The van der Waals surface area contributed by atoms with Gasteiger partial charge >= 0.3 is 0 Å². The molecular formula is C16H20N2O3. The van der Waals surface area contributed by atoms with E-state index in [1.54, 1.807) is 12.1 Å². The lowest BCUT2D eigenvalue weighted by molar-refractivity contribution is -0.385. The first-order chi connectivity index (χ1) is 10.2. The second kappa shape index (κ2) is 5.95. The molecule has 2 N–H and O–H groups in total. The van der Waals surface area contributed by atoms with Gasteiger partial charge in [-0.3, -0.25) is 10.1 Å². The van der Waals surface area contributed by atoms with Gasteiger partial charge in [-0.25, -0.2) is 0 Å². The molecule has 0 spiro atoms. The molecule has 5 nitrogen and oxygen atoms in total. The Balaban J connectivity index is 1.78. The lowest BCUT2D eigenvalue weighted by Crippen LogP contribution is -2.33. The lowest BCUT2D eigenvalue weighted by atomic mass is 9.87. The van der Waals surface area contributed by atoms with Gasteiger partial charge in [0, 0.05) is 36.7 Å². The Hall–Kier alpha value is -1.72. The van der Waals surface area contributed by atoms with Gasteiger partial charge in [0.2, 0.25) is 0 Å². The third kappa shape index (κ3) is 2.99. The van der Waals surface area contributed by atoms with Crippen molar-refractivity contribution in [3.63, 3.8) is 0 Å². The van der Waals surface area contributed by atoms with E-state index in [2.05, 4.69) is 17.5 Å². The predicted octanol–water partition coefficient (Wildman–Crippen LogP) is 2.50. The Labute approximate surface area is 123 Å². The Bertz CT molecular complexity index is 571. The number of nitro groups is 1. The highest BCUT2D eigenvalue weighted by atomic mass is 16.6. The molecule has 21 heavy (non-hydrogen) atoms. The van der Waals surface area contributed by atoms with Crippen LogP contribution in [0.5, 0.6) is 0 Å². The van der Waals surface area contributed by atoms with E-state index in [1.807, 2.05) is 6.07 Å². The molecule has 1 aromatic carbocycles. The highest BCUT2D eigenvalue weighted by Gasteiger charge is 2.26. The van der Waals surface area contributed by atoms with E-state index in [0.29, 0.717) is 0 Å². The second-order valence-electron chi connectivity index (χ2n) is 5.92. The quantitative estimate of drug-likeness (QED) is 0.507. The molecule has 1 aromatic rings. The van der Waals surface area contributed by atoms with Crippen molar-refractivity contribution in [2.24, 2.45) is 5.92 Å². The van der Waals surface area contributed by atoms with Gasteiger partial charge in [-0.15, -0.1) is 0 Å². The summed E-state index contributed by atoms with van der Waals surface area (Å²) in [7, 11) is 0. The number of aliphatic hydroxyl groups is 1. The summed E-state index contributed by atoms with van der Waals surface area (Å²) in [5, 5.41) is 23.7. The summed E-state index contributed by atoms with van der Waals surface area (Å²) in [6.07, 6.45) is 8.15. The van der Waals surface area contributed by atoms with E-state index in [1.165, 1.54) is 5.56 Å². The van der Waals surface area contributed by atoms with E-state index in [9.17, 15) is 15.2 Å². The molecule has 5 heteroatoms. The van der Waals surface area contributed by atoms with Crippen molar-refractivity contribution in [3.05, 3.63) is 51.6 Å². The van der Waals surface area contributed by atoms with Crippen LogP contribution in [0.1, 0.15) is 36.4 Å². The molecule has 112 valence electrons. The van der Waals surface area contributed by atoms with Gasteiger partial charge in [0.25, 0.3) is 5.69 Å². The molecule has 0 fully saturated rings. The van der Waals surface area contributed by atoms with Crippen LogP contribution in [0.2, 0.25) is 0 Å². The van der Waals surface area contributed by atoms with Crippen molar-refractivity contribution in [1.29, 1.82) is 0 Å². The average molecular weight is 288 g/mol. The maximum absolute atomic E-state index is 11.0. The van der Waals surface area contributed by atoms with Crippen LogP contribution in [0.25, 0.3) is 0 Å². The number of hydrogen-bond donors (Lipinski definition) is 2. The van der Waals surface area contributed by atoms with Gasteiger partial charge in [-0.05, 0) is 36.8 Å². The summed E-state index contributed by atoms with van der Waals surface area (Å²) in [5.74, 6) is 0.232. The molecule has 2 aliphatic rings. The van der Waals surface area contributed by atoms with Gasteiger partial charge in [-0.2, -0.15) is 0 Å². The van der Waals surface area contributed by atoms with Crippen LogP contribution in [-0.2, 0) is 6.42 Å². The summed E-state index contributed by atoms with van der Waals surface area (Å²) in [4.78, 5) is 10.6. The SMILES string of the molecule is O=[N+]([O-])c1ccc2c(c1)[C@@H](N[C@@H]1C=C[C@H](CO)C1)CCC2. The number of nitrogens with zero attached hydrogens (tertiary/aromatic N) is 1. The molecule has 0 aromatic heterocycles. The summed E-state index contributed by atoms with van der Waals surface area (Å²) in [6.45, 7) is 0.182. The van der Waals surface area contributed by atoms with E-state index in [-0.39, 0.29) is 35.2 Å². The molecule has 0 heterocycles. The second-order valence-corrected chi connectivity index (χ2v) is 5.92. The van der Waals surface area contributed by atoms with E-state index < -0.39 is 0 Å². The van der Waals surface area contributed by atoms with Crippen molar-refractivity contribution in [3.8, 4) is 0 Å². The molecule has 3 rings (SSSR count). The van der Waals surface area contributed by atoms with Crippen LogP contribution >= 0.6 is 0 Å². The zero-order valence-corrected chi connectivity index (χ0v) is 11.9. The van der Waals surface area contributed by atoms with Gasteiger partial charge in [0.1, 0.15) is 0 Å². The molecule has 0 saturated heterocycles. The number of rotatable bonds is 4. The Kier molecular flexibility index (Phi) is 4.03. The van der Waals surface area contributed by atoms with Crippen molar-refractivity contribution in [2.75, 3.05) is 6.61 Å². The fraction of sp³-hybridized carbons (Fsp3) is 0.500. The third-order valence-electron chi connectivity index (χ3n) is 4.48. The van der Waals surface area contributed by atoms with Crippen LogP contribution in [0.3, 0.4) is 0 Å². The molecule has 2 aliphatic carbocycles. The Morgan fingerprint density at radius 2 is 2.24 bits per heavy atom. The standard InChI is InChI=1S/C16H20N2O3/c19-10-11-4-6-13(8-11)17-16-3-1-2-12-5-7-14(18(20)21)9-15(12)16/h4-7,9,11,13,16-17,19H,1-3,8,10H2/t11-,13+,16-/m0/s1. The minimum atomic E-state index is -0.330. The number of nitrogens with one attached hydrogen (secondary N) is 1. The highest BCUT2D eigenvalue weighted by molar-refractivity contribution is 5.43. The molecule has 0 bridgehead atoms. The highest BCUT2D eigenvalue weighted by Crippen LogP contribution is 2.33. The smallest absolute Gasteiger partial charge is 0.269 e. The summed E-state index contributed by atoms with van der Waals surface area (Å²) < 4.78 is 0. The third-order valence-corrected chi connectivity index (χ3v) is 4.48. The number of hydrogen-bond acceptors (Lipinski definition) is 4. The van der Waals surface area contributed by atoms with Crippen molar-refractivity contribution in [2.45, 2.75) is 37.8 Å². The normalized spacial score (nSPS) is 27.6. The maximum atomic E-state index is 11.0. The van der Waals surface area contributed by atoms with Crippen LogP contribution in [0, 0.1) is 16.0 Å². The zero-order chi connectivity index (χ0) is 14.8. The minimum Gasteiger partial charge on any atom is -0.396 e. The van der Waals surface area contributed by atoms with Gasteiger partial charge < -0.3 is 10.4 Å². The van der Waals surface area contributed by atoms with Crippen LogP contribution < -0.4 is 5.32 Å².